The van der Waals surface area contributed by atoms with Crippen LogP contribution < -0.4 is 11.1 Å². The highest BCUT2D eigenvalue weighted by molar-refractivity contribution is 5.87. The van der Waals surface area contributed by atoms with Crippen LogP contribution in [0.5, 0.6) is 0 Å². The lowest BCUT2D eigenvalue weighted by Gasteiger charge is -2.25. The van der Waals surface area contributed by atoms with Crippen molar-refractivity contribution in [2.45, 2.75) is 44.3 Å². The van der Waals surface area contributed by atoms with Gasteiger partial charge in [0.1, 0.15) is 6.04 Å². The van der Waals surface area contributed by atoms with Crippen LogP contribution in [0.4, 0.5) is 0 Å². The summed E-state index contributed by atoms with van der Waals surface area (Å²) in [5.41, 5.74) is 8.64. The molecule has 1 aliphatic rings. The summed E-state index contributed by atoms with van der Waals surface area (Å²) in [6.07, 6.45) is 4.70. The molecule has 0 unspecified atom stereocenters. The number of hydrogen-bond acceptors (Lipinski definition) is 4. The zero-order valence-electron chi connectivity index (χ0n) is 17.5. The molecule has 0 saturated carbocycles. The van der Waals surface area contributed by atoms with Gasteiger partial charge in [0.15, 0.2) is 0 Å². The number of nitrogens with one attached hydrogen (secondary N) is 1. The third kappa shape index (κ3) is 5.47. The van der Waals surface area contributed by atoms with Gasteiger partial charge in [-0.25, -0.2) is 0 Å². The molecular formula is C25H28N4O2. The molecule has 1 aromatic heterocycles. The molecule has 0 bridgehead atoms. The molecular weight excluding hydrogens is 388 g/mol. The minimum absolute atomic E-state index is 0.131. The molecule has 2 atom stereocenters. The van der Waals surface area contributed by atoms with Gasteiger partial charge in [-0.15, -0.1) is 0 Å². The van der Waals surface area contributed by atoms with Gasteiger partial charge < -0.3 is 11.1 Å². The van der Waals surface area contributed by atoms with Gasteiger partial charge in [0.05, 0.1) is 5.52 Å². The summed E-state index contributed by atoms with van der Waals surface area (Å²) in [5.74, 6) is -0.643. The average molecular weight is 417 g/mol. The molecule has 2 aromatic carbocycles. The number of carbonyl (C=O) groups excluding carboxylic acids is 2. The van der Waals surface area contributed by atoms with Gasteiger partial charge in [0.2, 0.25) is 11.8 Å². The van der Waals surface area contributed by atoms with E-state index in [2.05, 4.69) is 27.3 Å². The van der Waals surface area contributed by atoms with Crippen LogP contribution in [0.15, 0.2) is 66.9 Å². The van der Waals surface area contributed by atoms with Crippen LogP contribution in [0.1, 0.15) is 30.4 Å². The molecule has 6 nitrogen and oxygen atoms in total. The van der Waals surface area contributed by atoms with Gasteiger partial charge in [-0.2, -0.15) is 0 Å². The largest absolute Gasteiger partial charge is 0.368 e. The number of para-hydroxylation sites is 1. The van der Waals surface area contributed by atoms with E-state index in [-0.39, 0.29) is 11.9 Å². The molecule has 2 amide bonds. The van der Waals surface area contributed by atoms with Gasteiger partial charge >= 0.3 is 0 Å². The molecule has 2 heterocycles. The highest BCUT2D eigenvalue weighted by Crippen LogP contribution is 2.23. The normalized spacial score (nSPS) is 17.5. The molecule has 6 heteroatoms. The first-order valence-corrected chi connectivity index (χ1v) is 10.8. The van der Waals surface area contributed by atoms with Crippen molar-refractivity contribution < 1.29 is 9.59 Å². The van der Waals surface area contributed by atoms with Crippen LogP contribution >= 0.6 is 0 Å². The van der Waals surface area contributed by atoms with Crippen molar-refractivity contribution in [1.82, 2.24) is 15.2 Å². The SMILES string of the molecule is NC(=O)[C@H](Cc1ccccc1)NC(=O)C[C@@H]1CCCN1Cc1cnc2ccccc2c1. The molecule has 3 aromatic rings. The van der Waals surface area contributed by atoms with Crippen molar-refractivity contribution in [3.63, 3.8) is 0 Å². The molecule has 1 fully saturated rings. The van der Waals surface area contributed by atoms with Crippen LogP contribution in [-0.4, -0.2) is 40.3 Å². The lowest BCUT2D eigenvalue weighted by atomic mass is 10.0. The number of aromatic nitrogens is 1. The summed E-state index contributed by atoms with van der Waals surface area (Å²) in [7, 11) is 0. The van der Waals surface area contributed by atoms with Crippen LogP contribution in [-0.2, 0) is 22.6 Å². The molecule has 31 heavy (non-hydrogen) atoms. The second-order valence-corrected chi connectivity index (χ2v) is 8.22. The Morgan fingerprint density at radius 1 is 1.10 bits per heavy atom. The first kappa shape index (κ1) is 21.0. The quantitative estimate of drug-likeness (QED) is 0.591. The second kappa shape index (κ2) is 9.71. The number of nitrogens with zero attached hydrogens (tertiary/aromatic N) is 2. The third-order valence-electron chi connectivity index (χ3n) is 5.91. The fourth-order valence-electron chi connectivity index (χ4n) is 4.31. The summed E-state index contributed by atoms with van der Waals surface area (Å²) < 4.78 is 0. The number of hydrogen-bond donors (Lipinski definition) is 2. The van der Waals surface area contributed by atoms with Crippen molar-refractivity contribution >= 4 is 22.7 Å². The highest BCUT2D eigenvalue weighted by atomic mass is 16.2. The first-order chi connectivity index (χ1) is 15.1. The zero-order chi connectivity index (χ0) is 21.6. The van der Waals surface area contributed by atoms with E-state index in [0.717, 1.165) is 48.0 Å². The van der Waals surface area contributed by atoms with Crippen molar-refractivity contribution in [1.29, 1.82) is 0 Å². The first-order valence-electron chi connectivity index (χ1n) is 10.8. The van der Waals surface area contributed by atoms with E-state index in [1.54, 1.807) is 0 Å². The zero-order valence-corrected chi connectivity index (χ0v) is 17.5. The van der Waals surface area contributed by atoms with E-state index in [9.17, 15) is 9.59 Å². The van der Waals surface area contributed by atoms with Crippen molar-refractivity contribution in [3.8, 4) is 0 Å². The van der Waals surface area contributed by atoms with Crippen LogP contribution in [0.3, 0.4) is 0 Å². The molecule has 1 aliphatic heterocycles. The summed E-state index contributed by atoms with van der Waals surface area (Å²) in [4.78, 5) is 31.5. The number of likely N-dealkylation sites (tertiary alicyclic amines) is 1. The fourth-order valence-corrected chi connectivity index (χ4v) is 4.31. The predicted molar refractivity (Wildman–Crippen MR) is 121 cm³/mol. The predicted octanol–water partition coefficient (Wildman–Crippen LogP) is 2.80. The Bertz CT molecular complexity index is 1050. The van der Waals surface area contributed by atoms with Crippen LogP contribution in [0, 0.1) is 0 Å². The van der Waals surface area contributed by atoms with Crippen LogP contribution in [0.25, 0.3) is 10.9 Å². The molecule has 0 radical (unpaired) electrons. The van der Waals surface area contributed by atoms with E-state index in [1.165, 1.54) is 0 Å². The summed E-state index contributed by atoms with van der Waals surface area (Å²) >= 11 is 0. The molecule has 160 valence electrons. The molecule has 0 spiro atoms. The van der Waals surface area contributed by atoms with Crippen LogP contribution in [0.2, 0.25) is 0 Å². The maximum absolute atomic E-state index is 12.7. The maximum Gasteiger partial charge on any atom is 0.240 e. The minimum Gasteiger partial charge on any atom is -0.368 e. The Labute approximate surface area is 182 Å². The Hall–Kier alpha value is -3.25. The van der Waals surface area contributed by atoms with E-state index in [0.29, 0.717) is 12.8 Å². The average Bonchev–Trinajstić information content (AvgIpc) is 3.20. The highest BCUT2D eigenvalue weighted by Gasteiger charge is 2.28. The summed E-state index contributed by atoms with van der Waals surface area (Å²) in [5, 5.41) is 3.97. The van der Waals surface area contributed by atoms with E-state index < -0.39 is 11.9 Å². The minimum atomic E-state index is -0.700. The Morgan fingerprint density at radius 2 is 1.87 bits per heavy atom. The van der Waals surface area contributed by atoms with Crippen molar-refractivity contribution in [2.24, 2.45) is 5.73 Å². The van der Waals surface area contributed by atoms with E-state index in [4.69, 9.17) is 5.73 Å². The summed E-state index contributed by atoms with van der Waals surface area (Å²) in [6.45, 7) is 1.72. The maximum atomic E-state index is 12.7. The number of primary amides is 1. The third-order valence-corrected chi connectivity index (χ3v) is 5.91. The topological polar surface area (TPSA) is 88.3 Å². The molecule has 1 saturated heterocycles. The number of rotatable bonds is 8. The number of carbonyl (C=O) groups is 2. The van der Waals surface area contributed by atoms with Gasteiger partial charge in [0.25, 0.3) is 0 Å². The van der Waals surface area contributed by atoms with Gasteiger partial charge in [0, 0.05) is 37.0 Å². The molecule has 0 aliphatic carbocycles. The van der Waals surface area contributed by atoms with Crippen molar-refractivity contribution in [2.75, 3.05) is 6.54 Å². The fraction of sp³-hybridized carbons (Fsp3) is 0.320. The standard InChI is InChI=1S/C25H28N4O2/c26-25(31)23(14-18-7-2-1-3-8-18)28-24(30)15-21-10-6-12-29(21)17-19-13-20-9-4-5-11-22(20)27-16-19/h1-5,7-9,11,13,16,21,23H,6,10,12,14-15,17H2,(H2,26,31)(H,28,30)/t21-,23-/m0/s1. The Morgan fingerprint density at radius 3 is 2.68 bits per heavy atom. The number of fused-ring (bicyclic) bond motifs is 1. The van der Waals surface area contributed by atoms with Gasteiger partial charge in [-0.3, -0.25) is 19.5 Å². The molecule has 3 N–H and O–H groups in total. The smallest absolute Gasteiger partial charge is 0.240 e. The number of nitrogens with two attached hydrogens (primary N) is 1. The Balaban J connectivity index is 1.36. The van der Waals surface area contributed by atoms with E-state index in [1.807, 2.05) is 54.7 Å². The molecule has 4 rings (SSSR count). The van der Waals surface area contributed by atoms with Gasteiger partial charge in [-0.05, 0) is 42.6 Å². The summed E-state index contributed by atoms with van der Waals surface area (Å²) in [6, 6.07) is 19.3. The van der Waals surface area contributed by atoms with E-state index >= 15 is 0 Å². The van der Waals surface area contributed by atoms with Crippen molar-refractivity contribution in [3.05, 3.63) is 78.0 Å². The number of benzene rings is 2. The lowest BCUT2D eigenvalue weighted by molar-refractivity contribution is -0.128. The Kier molecular flexibility index (Phi) is 6.57. The van der Waals surface area contributed by atoms with Gasteiger partial charge in [-0.1, -0.05) is 48.5 Å². The number of pyridine rings is 1. The number of amides is 2. The second-order valence-electron chi connectivity index (χ2n) is 8.22. The monoisotopic (exact) mass is 416 g/mol. The lowest BCUT2D eigenvalue weighted by Crippen LogP contribution is -2.47.